The van der Waals surface area contributed by atoms with Crippen molar-refractivity contribution in [3.8, 4) is 0 Å². The minimum atomic E-state index is -0.149. The minimum absolute atomic E-state index is 0.123. The van der Waals surface area contributed by atoms with Crippen LogP contribution in [0.25, 0.3) is 0 Å². The van der Waals surface area contributed by atoms with E-state index in [0.29, 0.717) is 6.61 Å². The van der Waals surface area contributed by atoms with Gasteiger partial charge in [-0.1, -0.05) is 0 Å². The van der Waals surface area contributed by atoms with Gasteiger partial charge in [-0.2, -0.15) is 0 Å². The summed E-state index contributed by atoms with van der Waals surface area (Å²) in [6, 6.07) is 0.216. The molecule has 1 aliphatic carbocycles. The van der Waals surface area contributed by atoms with Crippen molar-refractivity contribution >= 4 is 5.91 Å². The van der Waals surface area contributed by atoms with Gasteiger partial charge in [-0.3, -0.25) is 4.79 Å². The summed E-state index contributed by atoms with van der Waals surface area (Å²) in [4.78, 5) is 11.9. The maximum Gasteiger partial charge on any atom is 0.223 e. The van der Waals surface area contributed by atoms with Gasteiger partial charge in [0, 0.05) is 18.6 Å². The van der Waals surface area contributed by atoms with Crippen LogP contribution in [0.5, 0.6) is 0 Å². The molecule has 86 valence electrons. The Bertz CT molecular complexity index is 249. The van der Waals surface area contributed by atoms with E-state index in [2.05, 4.69) is 5.32 Å². The summed E-state index contributed by atoms with van der Waals surface area (Å²) < 4.78 is 5.31. The summed E-state index contributed by atoms with van der Waals surface area (Å²) in [7, 11) is 0. The summed E-state index contributed by atoms with van der Waals surface area (Å²) in [5.41, 5.74) is 5.65. The van der Waals surface area contributed by atoms with Crippen molar-refractivity contribution < 1.29 is 9.53 Å². The molecule has 0 bridgehead atoms. The molecule has 0 spiro atoms. The summed E-state index contributed by atoms with van der Waals surface area (Å²) in [6.07, 6.45) is 3.66. The van der Waals surface area contributed by atoms with E-state index in [-0.39, 0.29) is 23.4 Å². The predicted octanol–water partition coefficient (Wildman–Crippen LogP) is 0.409. The van der Waals surface area contributed by atoms with Gasteiger partial charge in [0.15, 0.2) is 0 Å². The fourth-order valence-corrected chi connectivity index (χ4v) is 2.42. The molecule has 0 aromatic heterocycles. The van der Waals surface area contributed by atoms with E-state index in [9.17, 15) is 4.79 Å². The smallest absolute Gasteiger partial charge is 0.223 e. The summed E-state index contributed by atoms with van der Waals surface area (Å²) >= 11 is 0. The second kappa shape index (κ2) is 4.10. The van der Waals surface area contributed by atoms with Crippen molar-refractivity contribution in [2.24, 2.45) is 11.7 Å². The number of hydrogen-bond acceptors (Lipinski definition) is 3. The standard InChI is InChI=1S/C11H20N2O2/c1-11(4-5-15-7-11)13-10(14)8-2-3-9(12)6-8/h8-9H,2-7,12H2,1H3,(H,13,14). The molecule has 0 radical (unpaired) electrons. The normalized spacial score (nSPS) is 40.7. The molecule has 4 heteroatoms. The molecule has 3 unspecified atom stereocenters. The maximum atomic E-state index is 11.9. The SMILES string of the molecule is CC1(NC(=O)C2CCC(N)C2)CCOC1. The first-order chi connectivity index (χ1) is 7.09. The van der Waals surface area contributed by atoms with Crippen LogP contribution in [-0.2, 0) is 9.53 Å². The number of ether oxygens (including phenoxy) is 1. The number of carbonyl (C=O) groups is 1. The van der Waals surface area contributed by atoms with Crippen LogP contribution in [0.15, 0.2) is 0 Å². The number of amides is 1. The van der Waals surface area contributed by atoms with Gasteiger partial charge < -0.3 is 15.8 Å². The first-order valence-electron chi connectivity index (χ1n) is 5.74. The Balaban J connectivity index is 1.86. The molecule has 1 amide bonds. The van der Waals surface area contributed by atoms with Gasteiger partial charge in [-0.25, -0.2) is 0 Å². The Labute approximate surface area is 90.5 Å². The van der Waals surface area contributed by atoms with Crippen molar-refractivity contribution in [3.63, 3.8) is 0 Å². The fraction of sp³-hybridized carbons (Fsp3) is 0.909. The third-order valence-corrected chi connectivity index (χ3v) is 3.49. The predicted molar refractivity (Wildman–Crippen MR) is 57.3 cm³/mol. The van der Waals surface area contributed by atoms with Crippen LogP contribution >= 0.6 is 0 Å². The number of nitrogens with one attached hydrogen (secondary N) is 1. The number of nitrogens with two attached hydrogens (primary N) is 1. The Morgan fingerprint density at radius 1 is 1.53 bits per heavy atom. The molecule has 15 heavy (non-hydrogen) atoms. The first-order valence-corrected chi connectivity index (χ1v) is 5.74. The maximum absolute atomic E-state index is 11.9. The third kappa shape index (κ3) is 2.49. The summed E-state index contributed by atoms with van der Waals surface area (Å²) in [5.74, 6) is 0.286. The molecule has 0 aromatic rings. The molecule has 2 rings (SSSR count). The molecule has 1 aliphatic heterocycles. The van der Waals surface area contributed by atoms with Crippen molar-refractivity contribution in [2.45, 2.75) is 44.2 Å². The lowest BCUT2D eigenvalue weighted by atomic mass is 9.99. The molecule has 2 fully saturated rings. The minimum Gasteiger partial charge on any atom is -0.379 e. The Morgan fingerprint density at radius 2 is 2.33 bits per heavy atom. The van der Waals surface area contributed by atoms with E-state index in [1.54, 1.807) is 0 Å². The highest BCUT2D eigenvalue weighted by Crippen LogP contribution is 2.26. The van der Waals surface area contributed by atoms with Gasteiger partial charge in [0.2, 0.25) is 5.91 Å². The average molecular weight is 212 g/mol. The van der Waals surface area contributed by atoms with Crippen LogP contribution in [-0.4, -0.2) is 30.7 Å². The lowest BCUT2D eigenvalue weighted by molar-refractivity contribution is -0.126. The van der Waals surface area contributed by atoms with Crippen LogP contribution < -0.4 is 11.1 Å². The van der Waals surface area contributed by atoms with Crippen molar-refractivity contribution in [2.75, 3.05) is 13.2 Å². The summed E-state index contributed by atoms with van der Waals surface area (Å²) in [5, 5.41) is 3.10. The van der Waals surface area contributed by atoms with E-state index in [1.807, 2.05) is 6.92 Å². The van der Waals surface area contributed by atoms with E-state index < -0.39 is 0 Å². The number of rotatable bonds is 2. The van der Waals surface area contributed by atoms with E-state index in [4.69, 9.17) is 10.5 Å². The fourth-order valence-electron chi connectivity index (χ4n) is 2.42. The molecule has 4 nitrogen and oxygen atoms in total. The molecule has 3 atom stereocenters. The van der Waals surface area contributed by atoms with Crippen LogP contribution in [0.2, 0.25) is 0 Å². The Morgan fingerprint density at radius 3 is 2.87 bits per heavy atom. The largest absolute Gasteiger partial charge is 0.379 e. The zero-order valence-electron chi connectivity index (χ0n) is 9.29. The van der Waals surface area contributed by atoms with Crippen LogP contribution in [0.4, 0.5) is 0 Å². The molecular formula is C11H20N2O2. The first kappa shape index (κ1) is 10.9. The zero-order chi connectivity index (χ0) is 10.9. The molecule has 1 saturated carbocycles. The second-order valence-corrected chi connectivity index (χ2v) is 5.12. The van der Waals surface area contributed by atoms with Gasteiger partial charge in [-0.05, 0) is 32.6 Å². The van der Waals surface area contributed by atoms with Crippen molar-refractivity contribution in [1.82, 2.24) is 5.32 Å². The van der Waals surface area contributed by atoms with E-state index >= 15 is 0 Å². The Kier molecular flexibility index (Phi) is 2.98. The highest BCUT2D eigenvalue weighted by molar-refractivity contribution is 5.79. The summed E-state index contributed by atoms with van der Waals surface area (Å²) in [6.45, 7) is 3.44. The third-order valence-electron chi connectivity index (χ3n) is 3.49. The van der Waals surface area contributed by atoms with Gasteiger partial charge >= 0.3 is 0 Å². The monoisotopic (exact) mass is 212 g/mol. The molecular weight excluding hydrogens is 192 g/mol. The lowest BCUT2D eigenvalue weighted by Gasteiger charge is -2.25. The van der Waals surface area contributed by atoms with Crippen molar-refractivity contribution in [3.05, 3.63) is 0 Å². The molecule has 1 saturated heterocycles. The highest BCUT2D eigenvalue weighted by Gasteiger charge is 2.35. The second-order valence-electron chi connectivity index (χ2n) is 5.12. The molecule has 2 aliphatic rings. The van der Waals surface area contributed by atoms with Gasteiger partial charge in [0.25, 0.3) is 0 Å². The van der Waals surface area contributed by atoms with E-state index in [1.165, 1.54) is 0 Å². The quantitative estimate of drug-likeness (QED) is 0.696. The van der Waals surface area contributed by atoms with Crippen molar-refractivity contribution in [1.29, 1.82) is 0 Å². The average Bonchev–Trinajstić information content (AvgIpc) is 2.75. The Hall–Kier alpha value is -0.610. The van der Waals surface area contributed by atoms with Crippen LogP contribution in [0, 0.1) is 5.92 Å². The van der Waals surface area contributed by atoms with Crippen LogP contribution in [0.3, 0.4) is 0 Å². The lowest BCUT2D eigenvalue weighted by Crippen LogP contribution is -2.48. The number of carbonyl (C=O) groups excluding carboxylic acids is 1. The molecule has 0 aromatic carbocycles. The van der Waals surface area contributed by atoms with Gasteiger partial charge in [0.05, 0.1) is 12.1 Å². The molecule has 1 heterocycles. The van der Waals surface area contributed by atoms with E-state index in [0.717, 1.165) is 32.3 Å². The topological polar surface area (TPSA) is 64.4 Å². The van der Waals surface area contributed by atoms with Gasteiger partial charge in [-0.15, -0.1) is 0 Å². The number of hydrogen-bond donors (Lipinski definition) is 2. The van der Waals surface area contributed by atoms with Crippen LogP contribution in [0.1, 0.15) is 32.6 Å². The highest BCUT2D eigenvalue weighted by atomic mass is 16.5. The molecule has 3 N–H and O–H groups in total. The van der Waals surface area contributed by atoms with Gasteiger partial charge in [0.1, 0.15) is 0 Å². The zero-order valence-corrected chi connectivity index (χ0v) is 9.29.